The van der Waals surface area contributed by atoms with Crippen molar-refractivity contribution >= 4 is 28.4 Å². The third kappa shape index (κ3) is 52600. The lowest BCUT2D eigenvalue weighted by molar-refractivity contribution is 0.220. The van der Waals surface area contributed by atoms with Gasteiger partial charge in [0.25, 0.3) is 0 Å². The number of hydrogen-bond donors (Lipinski definition) is 4. The molecular weight excluding hydrogens is 130 g/mol. The van der Waals surface area contributed by atoms with Crippen LogP contribution in [0.2, 0.25) is 0 Å². The highest BCUT2D eigenvalue weighted by molar-refractivity contribution is 6.54. The lowest BCUT2D eigenvalue weighted by Crippen LogP contribution is -2.07. The van der Waals surface area contributed by atoms with E-state index >= 15 is 0 Å². The zero-order valence-corrected chi connectivity index (χ0v) is 6.27. The first kappa shape index (κ1) is 10.8. The number of hydrogen-bond acceptors (Lipinski definition) is 4. The first-order chi connectivity index (χ1) is 3.46. The fraction of sp³-hybridized carbons (Fsp3) is 0. The zero-order chi connectivity index (χ0) is 7.15. The predicted octanol–water partition coefficient (Wildman–Crippen LogP) is -2.75. The molecule has 8 heavy (non-hydrogen) atoms. The summed E-state index contributed by atoms with van der Waals surface area (Å²) < 4.78 is 0. The second-order valence-electron chi connectivity index (χ2n) is 0.865. The molecule has 0 saturated carbocycles. The molecule has 5 nitrogen and oxygen atoms in total. The van der Waals surface area contributed by atoms with Crippen molar-refractivity contribution in [1.29, 1.82) is 0 Å². The summed E-state index contributed by atoms with van der Waals surface area (Å²) in [6.45, 7) is 0. The normalized spacial score (nSPS) is 6.38. The fourth-order valence-corrected chi connectivity index (χ4v) is 0. The van der Waals surface area contributed by atoms with Crippen LogP contribution in [0, 0.1) is 0 Å². The molecule has 0 aromatic carbocycles. The Kier molecular flexibility index (Phi) is 9.42. The van der Waals surface area contributed by atoms with Gasteiger partial charge in [0.1, 0.15) is 0 Å². The van der Waals surface area contributed by atoms with Gasteiger partial charge in [0.05, 0.1) is 0 Å². The Bertz CT molecular complexity index is 56.7. The van der Waals surface area contributed by atoms with E-state index in [-0.39, 0.29) is 16.3 Å². The molecule has 7 heteroatoms. The van der Waals surface area contributed by atoms with E-state index in [1.165, 1.54) is 0 Å². The van der Waals surface area contributed by atoms with Gasteiger partial charge in [-0.05, 0) is 0 Å². The van der Waals surface area contributed by atoms with Crippen molar-refractivity contribution < 1.29 is 25.0 Å². The lowest BCUT2D eigenvalue weighted by atomic mass is 10.3. The van der Waals surface area contributed by atoms with Gasteiger partial charge in [-0.2, -0.15) is 0 Å². The van der Waals surface area contributed by atoms with Gasteiger partial charge < -0.3 is 20.2 Å². The maximum Gasteiger partial charge on any atom is 0.631 e. The van der Waals surface area contributed by atoms with Gasteiger partial charge in [0.15, 0.2) is 4.83 Å². The van der Waals surface area contributed by atoms with Crippen LogP contribution in [0.3, 0.4) is 0 Å². The second kappa shape index (κ2) is 6.95. The van der Waals surface area contributed by atoms with Gasteiger partial charge in [-0.25, -0.2) is 0 Å². The fourth-order valence-electron chi connectivity index (χ4n) is 0. The van der Waals surface area contributed by atoms with Crippen molar-refractivity contribution in [3.63, 3.8) is 0 Å². The monoisotopic (exact) mass is 136 g/mol. The van der Waals surface area contributed by atoms with Crippen LogP contribution in [-0.4, -0.2) is 48.6 Å². The lowest BCUT2D eigenvalue weighted by Gasteiger charge is -1.69. The molecule has 0 spiro atoms. The number of rotatable bonds is 0. The molecule has 46 valence electrons. The Morgan fingerprint density at radius 1 is 1.38 bits per heavy atom. The van der Waals surface area contributed by atoms with Gasteiger partial charge in [-0.15, -0.1) is 0 Å². The minimum atomic E-state index is -2.17. The Morgan fingerprint density at radius 2 is 1.38 bits per heavy atom. The molecule has 0 aromatic rings. The molecule has 0 aliphatic rings. The average molecular weight is 136 g/mol. The van der Waals surface area contributed by atoms with Crippen LogP contribution in [0.25, 0.3) is 0 Å². The Labute approximate surface area is 54.2 Å². The Balaban J connectivity index is 0. The SMILES string of the molecule is O=[C](O)[AlH2].OB(O)O. The molecular formula is CH6AlBO5. The van der Waals surface area contributed by atoms with Gasteiger partial charge in [0.2, 0.25) is 0 Å². The van der Waals surface area contributed by atoms with E-state index in [0.717, 1.165) is 0 Å². The highest BCUT2D eigenvalue weighted by Gasteiger charge is 1.92. The molecule has 0 saturated heterocycles. The van der Waals surface area contributed by atoms with Crippen LogP contribution < -0.4 is 0 Å². The van der Waals surface area contributed by atoms with E-state index in [0.29, 0.717) is 0 Å². The van der Waals surface area contributed by atoms with Crippen LogP contribution >= 0.6 is 0 Å². The van der Waals surface area contributed by atoms with Crippen molar-refractivity contribution in [2.45, 2.75) is 0 Å². The van der Waals surface area contributed by atoms with Crippen molar-refractivity contribution in [2.75, 3.05) is 0 Å². The summed E-state index contributed by atoms with van der Waals surface area (Å²) >= 11 is 0.265. The van der Waals surface area contributed by atoms with E-state index < -0.39 is 12.2 Å². The topological polar surface area (TPSA) is 98.0 Å². The Morgan fingerprint density at radius 3 is 1.38 bits per heavy atom. The molecule has 0 amide bonds. The molecule has 0 aliphatic heterocycles. The Hall–Kier alpha value is -0.0526. The quantitative estimate of drug-likeness (QED) is 0.270. The molecule has 0 unspecified atom stereocenters. The molecule has 0 radical (unpaired) electrons. The molecule has 0 aromatic heterocycles. The second-order valence-corrected chi connectivity index (χ2v) is 1.72. The summed E-state index contributed by atoms with van der Waals surface area (Å²) in [6, 6.07) is 0. The van der Waals surface area contributed by atoms with Gasteiger partial charge in [0, 0.05) is 0 Å². The van der Waals surface area contributed by atoms with Gasteiger partial charge in [-0.3, -0.25) is 4.79 Å². The first-order valence-corrected chi connectivity index (χ1v) is 2.70. The summed E-state index contributed by atoms with van der Waals surface area (Å²) in [6.07, 6.45) is 0. The van der Waals surface area contributed by atoms with Crippen LogP contribution in [0.15, 0.2) is 0 Å². The molecule has 0 aliphatic carbocycles. The van der Waals surface area contributed by atoms with E-state index in [4.69, 9.17) is 25.0 Å². The standard InChI is InChI=1S/CHO2.Al.BH3O3.2H/c2-1-3;;2-1(3)4;;/h(H,2,3);;2-4H;;. The molecule has 0 heterocycles. The number of carbonyl (C=O) groups is 1. The summed E-state index contributed by atoms with van der Waals surface area (Å²) in [5.74, 6) is 0. The maximum absolute atomic E-state index is 9.06. The van der Waals surface area contributed by atoms with E-state index in [2.05, 4.69) is 0 Å². The van der Waals surface area contributed by atoms with Crippen LogP contribution in [-0.2, 0) is 0 Å². The van der Waals surface area contributed by atoms with Crippen molar-refractivity contribution in [3.8, 4) is 0 Å². The first-order valence-electron chi connectivity index (χ1n) is 1.70. The van der Waals surface area contributed by atoms with Crippen molar-refractivity contribution in [1.82, 2.24) is 0 Å². The largest absolute Gasteiger partial charge is 0.631 e. The summed E-state index contributed by atoms with van der Waals surface area (Å²) in [4.78, 5) is 8.37. The minimum absolute atomic E-state index is 0.265. The average Bonchev–Trinajstić information content (AvgIpc) is 1.25. The third-order valence-electron chi connectivity index (χ3n) is 0. The molecule has 0 rings (SSSR count). The van der Waals surface area contributed by atoms with Crippen LogP contribution in [0.1, 0.15) is 0 Å². The third-order valence-corrected chi connectivity index (χ3v) is 0. The summed E-state index contributed by atoms with van der Waals surface area (Å²) in [5, 5.41) is 29.0. The van der Waals surface area contributed by atoms with E-state index in [1.54, 1.807) is 0 Å². The molecule has 4 N–H and O–H groups in total. The highest BCUT2D eigenvalue weighted by atomic mass is 27.0. The summed E-state index contributed by atoms with van der Waals surface area (Å²) in [5.41, 5.74) is 0. The van der Waals surface area contributed by atoms with E-state index in [1.807, 2.05) is 0 Å². The van der Waals surface area contributed by atoms with E-state index in [9.17, 15) is 0 Å². The smallest absolute Gasteiger partial charge is 0.497 e. The predicted molar refractivity (Wildman–Crippen MR) is 29.0 cm³/mol. The zero-order valence-electron chi connectivity index (χ0n) is 4.27. The van der Waals surface area contributed by atoms with Crippen molar-refractivity contribution in [3.05, 3.63) is 0 Å². The summed E-state index contributed by atoms with van der Waals surface area (Å²) in [7, 11) is -2.17. The molecule has 0 fully saturated rings. The van der Waals surface area contributed by atoms with Gasteiger partial charge in [-0.1, -0.05) is 0 Å². The highest BCUT2D eigenvalue weighted by Crippen LogP contribution is 1.41. The van der Waals surface area contributed by atoms with Crippen LogP contribution in [0.4, 0.5) is 4.79 Å². The molecule has 0 atom stereocenters. The minimum Gasteiger partial charge on any atom is -0.497 e. The van der Waals surface area contributed by atoms with Crippen LogP contribution in [0.5, 0.6) is 0 Å². The van der Waals surface area contributed by atoms with Crippen molar-refractivity contribution in [2.24, 2.45) is 0 Å². The maximum atomic E-state index is 9.06. The molecule has 0 bridgehead atoms. The van der Waals surface area contributed by atoms with Gasteiger partial charge >= 0.3 is 23.6 Å². The number of carboxylic acid groups (broad SMARTS) is 1.